The lowest BCUT2D eigenvalue weighted by Crippen LogP contribution is -2.28. The van der Waals surface area contributed by atoms with Crippen molar-refractivity contribution in [1.29, 1.82) is 0 Å². The van der Waals surface area contributed by atoms with Crippen LogP contribution in [-0.2, 0) is 0 Å². The third-order valence-corrected chi connectivity index (χ3v) is 4.52. The highest BCUT2D eigenvalue weighted by Gasteiger charge is 2.26. The van der Waals surface area contributed by atoms with Gasteiger partial charge in [0.1, 0.15) is 0 Å². The van der Waals surface area contributed by atoms with Crippen LogP contribution in [0.4, 0.5) is 0 Å². The number of rotatable bonds is 5. The molecule has 0 aromatic heterocycles. The summed E-state index contributed by atoms with van der Waals surface area (Å²) in [4.78, 5) is 2.09. The summed E-state index contributed by atoms with van der Waals surface area (Å²) < 4.78 is 0. The lowest BCUT2D eigenvalue weighted by molar-refractivity contribution is 0.463. The van der Waals surface area contributed by atoms with Gasteiger partial charge in [-0.2, -0.15) is 0 Å². The molecule has 2 nitrogen and oxygen atoms in total. The van der Waals surface area contributed by atoms with Gasteiger partial charge in [-0.05, 0) is 49.2 Å². The van der Waals surface area contributed by atoms with Gasteiger partial charge in [0.15, 0.2) is 0 Å². The molecular weight excluding hydrogens is 304 g/mol. The minimum Gasteiger partial charge on any atom is -0.299 e. The van der Waals surface area contributed by atoms with Crippen LogP contribution in [0.3, 0.4) is 0 Å². The summed E-state index contributed by atoms with van der Waals surface area (Å²) in [5.74, 6) is 6.45. The van der Waals surface area contributed by atoms with Crippen molar-refractivity contribution < 1.29 is 0 Å². The second-order valence-corrected chi connectivity index (χ2v) is 6.69. The number of nitrogens with one attached hydrogen (secondary N) is 1. The van der Waals surface area contributed by atoms with Gasteiger partial charge in [0.25, 0.3) is 0 Å². The lowest BCUT2D eigenvalue weighted by atomic mass is 9.95. The van der Waals surface area contributed by atoms with Crippen molar-refractivity contribution in [2.75, 3.05) is 27.2 Å². The topological polar surface area (TPSA) is 15.3 Å². The molecule has 1 N–H and O–H groups in total. The minimum absolute atomic E-state index is 0.367. The van der Waals surface area contributed by atoms with Gasteiger partial charge >= 0.3 is 0 Å². The SMILES string of the molecule is CN(C)CC#CCNC1CCC(c2ccccc2)=C1c1ccccc1. The van der Waals surface area contributed by atoms with E-state index in [0.29, 0.717) is 6.04 Å². The van der Waals surface area contributed by atoms with Crippen molar-refractivity contribution in [3.8, 4) is 11.8 Å². The van der Waals surface area contributed by atoms with Gasteiger partial charge in [-0.1, -0.05) is 72.5 Å². The van der Waals surface area contributed by atoms with Crippen molar-refractivity contribution in [3.63, 3.8) is 0 Å². The maximum atomic E-state index is 3.65. The fraction of sp³-hybridized carbons (Fsp3) is 0.304. The first-order valence-electron chi connectivity index (χ1n) is 8.93. The van der Waals surface area contributed by atoms with E-state index >= 15 is 0 Å². The Morgan fingerprint density at radius 3 is 2.20 bits per heavy atom. The molecule has 2 aromatic carbocycles. The third-order valence-electron chi connectivity index (χ3n) is 4.52. The number of allylic oxidation sites excluding steroid dienone is 1. The summed E-state index contributed by atoms with van der Waals surface area (Å²) in [5, 5.41) is 3.65. The van der Waals surface area contributed by atoms with Gasteiger partial charge in [-0.25, -0.2) is 0 Å². The van der Waals surface area contributed by atoms with Crippen LogP contribution in [0.25, 0.3) is 11.1 Å². The molecule has 1 atom stereocenters. The van der Waals surface area contributed by atoms with E-state index in [4.69, 9.17) is 0 Å². The molecule has 1 unspecified atom stereocenters. The van der Waals surface area contributed by atoms with E-state index in [1.54, 1.807) is 0 Å². The monoisotopic (exact) mass is 330 g/mol. The van der Waals surface area contributed by atoms with Crippen molar-refractivity contribution in [1.82, 2.24) is 10.2 Å². The molecule has 0 saturated heterocycles. The summed E-state index contributed by atoms with van der Waals surface area (Å²) in [5.41, 5.74) is 5.55. The van der Waals surface area contributed by atoms with E-state index in [1.165, 1.54) is 22.3 Å². The van der Waals surface area contributed by atoms with E-state index in [9.17, 15) is 0 Å². The van der Waals surface area contributed by atoms with Crippen molar-refractivity contribution in [3.05, 3.63) is 71.8 Å². The molecule has 1 aliphatic carbocycles. The molecule has 0 amide bonds. The van der Waals surface area contributed by atoms with E-state index in [2.05, 4.69) is 82.7 Å². The lowest BCUT2D eigenvalue weighted by Gasteiger charge is -2.17. The van der Waals surface area contributed by atoms with Gasteiger partial charge in [-0.3, -0.25) is 10.2 Å². The zero-order valence-electron chi connectivity index (χ0n) is 15.1. The van der Waals surface area contributed by atoms with Crippen LogP contribution < -0.4 is 5.32 Å². The first-order chi connectivity index (χ1) is 12.3. The Bertz CT molecular complexity index is 764. The number of benzene rings is 2. The van der Waals surface area contributed by atoms with Crippen molar-refractivity contribution in [2.45, 2.75) is 18.9 Å². The van der Waals surface area contributed by atoms with Crippen LogP contribution in [0.5, 0.6) is 0 Å². The fourth-order valence-corrected chi connectivity index (χ4v) is 3.37. The van der Waals surface area contributed by atoms with E-state index in [0.717, 1.165) is 25.9 Å². The zero-order valence-corrected chi connectivity index (χ0v) is 15.1. The molecule has 0 heterocycles. The molecule has 0 aliphatic heterocycles. The Hall–Kier alpha value is -2.34. The van der Waals surface area contributed by atoms with Crippen molar-refractivity contribution >= 4 is 11.1 Å². The summed E-state index contributed by atoms with van der Waals surface area (Å²) >= 11 is 0. The molecule has 128 valence electrons. The average Bonchev–Trinajstić information content (AvgIpc) is 3.06. The fourth-order valence-electron chi connectivity index (χ4n) is 3.37. The van der Waals surface area contributed by atoms with Gasteiger partial charge in [-0.15, -0.1) is 0 Å². The maximum Gasteiger partial charge on any atom is 0.0597 e. The molecule has 2 aromatic rings. The second kappa shape index (κ2) is 8.67. The summed E-state index contributed by atoms with van der Waals surface area (Å²) in [6.45, 7) is 1.54. The average molecular weight is 330 g/mol. The minimum atomic E-state index is 0.367. The van der Waals surface area contributed by atoms with Crippen LogP contribution in [0, 0.1) is 11.8 Å². The standard InChI is InChI=1S/C23H26N2/c1-25(2)18-10-9-17-24-22-16-15-21(19-11-5-3-6-12-19)23(22)20-13-7-4-8-14-20/h3-8,11-14,22,24H,15-18H2,1-2H3. The number of hydrogen-bond acceptors (Lipinski definition) is 2. The Labute approximate surface area is 151 Å². The molecule has 0 radical (unpaired) electrons. The Balaban J connectivity index is 1.83. The van der Waals surface area contributed by atoms with Crippen LogP contribution in [0.15, 0.2) is 60.7 Å². The predicted molar refractivity (Wildman–Crippen MR) is 107 cm³/mol. The zero-order chi connectivity index (χ0) is 17.5. The molecule has 0 saturated carbocycles. The molecule has 0 bridgehead atoms. The summed E-state index contributed by atoms with van der Waals surface area (Å²) in [7, 11) is 4.09. The molecule has 0 spiro atoms. The number of nitrogens with zero attached hydrogens (tertiary/aromatic N) is 1. The molecule has 0 fully saturated rings. The first kappa shape index (κ1) is 17.5. The normalized spacial score (nSPS) is 16.8. The smallest absolute Gasteiger partial charge is 0.0597 e. The Morgan fingerprint density at radius 1 is 0.920 bits per heavy atom. The van der Waals surface area contributed by atoms with Gasteiger partial charge < -0.3 is 0 Å². The highest BCUT2D eigenvalue weighted by atomic mass is 15.0. The molecule has 3 rings (SSSR count). The van der Waals surface area contributed by atoms with Gasteiger partial charge in [0, 0.05) is 6.04 Å². The van der Waals surface area contributed by atoms with Crippen LogP contribution >= 0.6 is 0 Å². The third kappa shape index (κ3) is 4.60. The summed E-state index contributed by atoms with van der Waals surface area (Å²) in [6.07, 6.45) is 2.24. The molecular formula is C23H26N2. The molecule has 25 heavy (non-hydrogen) atoms. The molecule has 2 heteroatoms. The van der Waals surface area contributed by atoms with Crippen LogP contribution in [0.2, 0.25) is 0 Å². The van der Waals surface area contributed by atoms with E-state index in [1.807, 2.05) is 14.1 Å². The summed E-state index contributed by atoms with van der Waals surface area (Å²) in [6, 6.07) is 21.9. The predicted octanol–water partition coefficient (Wildman–Crippen LogP) is 3.91. The van der Waals surface area contributed by atoms with Crippen LogP contribution in [-0.4, -0.2) is 38.1 Å². The highest BCUT2D eigenvalue weighted by molar-refractivity contribution is 5.95. The molecule has 1 aliphatic rings. The van der Waals surface area contributed by atoms with E-state index in [-0.39, 0.29) is 0 Å². The quantitative estimate of drug-likeness (QED) is 0.836. The number of hydrogen-bond donors (Lipinski definition) is 1. The van der Waals surface area contributed by atoms with Gasteiger partial charge in [0.2, 0.25) is 0 Å². The van der Waals surface area contributed by atoms with Crippen molar-refractivity contribution in [2.24, 2.45) is 0 Å². The maximum absolute atomic E-state index is 3.65. The Kier molecular flexibility index (Phi) is 6.06. The highest BCUT2D eigenvalue weighted by Crippen LogP contribution is 2.39. The van der Waals surface area contributed by atoms with E-state index < -0.39 is 0 Å². The first-order valence-corrected chi connectivity index (χ1v) is 8.93. The second-order valence-electron chi connectivity index (χ2n) is 6.69. The van der Waals surface area contributed by atoms with Gasteiger partial charge in [0.05, 0.1) is 13.1 Å². The Morgan fingerprint density at radius 2 is 1.56 bits per heavy atom. The largest absolute Gasteiger partial charge is 0.299 e. The van der Waals surface area contributed by atoms with Crippen LogP contribution in [0.1, 0.15) is 24.0 Å².